The molecule has 2 rings (SSSR count). The number of carbonyl (C=O) groups excluding carboxylic acids is 1. The maximum absolute atomic E-state index is 11.3. The molecule has 0 aromatic heterocycles. The van der Waals surface area contributed by atoms with E-state index in [0.29, 0.717) is 30.3 Å². The van der Waals surface area contributed by atoms with Gasteiger partial charge in [-0.3, -0.25) is 4.79 Å². The van der Waals surface area contributed by atoms with Crippen LogP contribution < -0.4 is 0 Å². The van der Waals surface area contributed by atoms with Crippen LogP contribution in [0.5, 0.6) is 0 Å². The van der Waals surface area contributed by atoms with Crippen LogP contribution in [0.4, 0.5) is 4.79 Å². The van der Waals surface area contributed by atoms with E-state index in [1.165, 1.54) is 4.90 Å². The molecule has 4 nitrogen and oxygen atoms in total. The first-order chi connectivity index (χ1) is 6.15. The van der Waals surface area contributed by atoms with Crippen LogP contribution >= 0.6 is 15.9 Å². The molecule has 2 unspecified atom stereocenters. The van der Waals surface area contributed by atoms with Crippen molar-refractivity contribution in [3.63, 3.8) is 0 Å². The molecule has 72 valence electrons. The molecule has 5 heteroatoms. The summed E-state index contributed by atoms with van der Waals surface area (Å²) in [7, 11) is 0. The topological polar surface area (TPSA) is 57.6 Å². The van der Waals surface area contributed by atoms with Crippen LogP contribution in [0.1, 0.15) is 0 Å². The van der Waals surface area contributed by atoms with Gasteiger partial charge < -0.3 is 10.0 Å². The summed E-state index contributed by atoms with van der Waals surface area (Å²) in [6, 6.07) is 0. The number of nitrogens with zero attached hydrogens (tertiary/aromatic N) is 1. The van der Waals surface area contributed by atoms with E-state index in [9.17, 15) is 9.59 Å². The number of fused-ring (bicyclic) bond motifs is 1. The molecule has 0 radical (unpaired) electrons. The third kappa shape index (κ3) is 1.35. The Labute approximate surface area is 84.0 Å². The number of amides is 1. The number of carboxylic acid groups (broad SMARTS) is 1. The number of hydrogen-bond acceptors (Lipinski definition) is 2. The molecule has 1 aliphatic heterocycles. The fraction of sp³-hybridized carbons (Fsp3) is 0.750. The summed E-state index contributed by atoms with van der Waals surface area (Å²) in [5.74, 6) is 0.970. The summed E-state index contributed by atoms with van der Waals surface area (Å²) >= 11 is 3.13. The van der Waals surface area contributed by atoms with E-state index in [1.54, 1.807) is 0 Å². The van der Waals surface area contributed by atoms with E-state index in [0.717, 1.165) is 0 Å². The maximum atomic E-state index is 11.3. The number of likely N-dealkylation sites (tertiary alicyclic amines) is 1. The van der Waals surface area contributed by atoms with Crippen molar-refractivity contribution in [2.24, 2.45) is 17.8 Å². The molecule has 0 bridgehead atoms. The minimum atomic E-state index is -0.864. The molecule has 2 aliphatic rings. The lowest BCUT2D eigenvalue weighted by atomic mass is 10.2. The van der Waals surface area contributed by atoms with Gasteiger partial charge in [0.25, 0.3) is 0 Å². The zero-order chi connectivity index (χ0) is 9.59. The molecular weight excluding hydrogens is 238 g/mol. The predicted octanol–water partition coefficient (Wildman–Crippen LogP) is 0.806. The molecule has 1 saturated heterocycles. The maximum Gasteiger partial charge on any atom is 0.407 e. The summed E-state index contributed by atoms with van der Waals surface area (Å²) in [5.41, 5.74) is 0. The molecule has 1 heterocycles. The molecule has 3 atom stereocenters. The minimum absolute atomic E-state index is 0.134. The summed E-state index contributed by atoms with van der Waals surface area (Å²) in [4.78, 5) is 23.2. The van der Waals surface area contributed by atoms with Gasteiger partial charge in [0.2, 0.25) is 0 Å². The van der Waals surface area contributed by atoms with Crippen LogP contribution in [0.25, 0.3) is 0 Å². The van der Waals surface area contributed by atoms with Gasteiger partial charge in [0.1, 0.15) is 5.78 Å². The number of hydrogen-bond donors (Lipinski definition) is 1. The highest BCUT2D eigenvalue weighted by molar-refractivity contribution is 9.09. The minimum Gasteiger partial charge on any atom is -0.465 e. The van der Waals surface area contributed by atoms with E-state index in [4.69, 9.17) is 5.11 Å². The first kappa shape index (κ1) is 8.99. The van der Waals surface area contributed by atoms with Crippen LogP contribution in [0, 0.1) is 17.8 Å². The second-order valence-corrected chi connectivity index (χ2v) is 4.20. The number of Topliss-reactive ketones (excluding diaryl/α,β-unsaturated/α-hetero) is 1. The zero-order valence-electron chi connectivity index (χ0n) is 6.94. The lowest BCUT2D eigenvalue weighted by Gasteiger charge is -2.14. The summed E-state index contributed by atoms with van der Waals surface area (Å²) in [6.07, 6.45) is -0.864. The van der Waals surface area contributed by atoms with Gasteiger partial charge >= 0.3 is 6.09 Å². The van der Waals surface area contributed by atoms with E-state index in [-0.39, 0.29) is 11.7 Å². The third-order valence-electron chi connectivity index (χ3n) is 2.97. The second-order valence-electron chi connectivity index (χ2n) is 3.64. The molecule has 2 fully saturated rings. The van der Waals surface area contributed by atoms with Crippen LogP contribution in [-0.4, -0.2) is 40.3 Å². The third-order valence-corrected chi connectivity index (χ3v) is 3.52. The van der Waals surface area contributed by atoms with E-state index in [1.807, 2.05) is 0 Å². The Hall–Kier alpha value is -0.580. The van der Waals surface area contributed by atoms with Gasteiger partial charge in [0, 0.05) is 19.0 Å². The van der Waals surface area contributed by atoms with Gasteiger partial charge in [-0.2, -0.15) is 0 Å². The lowest BCUT2D eigenvalue weighted by molar-refractivity contribution is -0.118. The molecule has 1 saturated carbocycles. The molecule has 13 heavy (non-hydrogen) atoms. The van der Waals surface area contributed by atoms with Crippen molar-refractivity contribution >= 4 is 27.8 Å². The van der Waals surface area contributed by atoms with Gasteiger partial charge in [-0.15, -0.1) is 0 Å². The summed E-state index contributed by atoms with van der Waals surface area (Å²) in [6.45, 7) is 1.09. The Morgan fingerprint density at radius 3 is 2.31 bits per heavy atom. The number of carbonyl (C=O) groups is 2. The van der Waals surface area contributed by atoms with Crippen molar-refractivity contribution in [2.45, 2.75) is 0 Å². The Morgan fingerprint density at radius 2 is 1.92 bits per heavy atom. The fourth-order valence-electron chi connectivity index (χ4n) is 2.25. The first-order valence-electron chi connectivity index (χ1n) is 4.21. The molecule has 1 amide bonds. The SMILES string of the molecule is O=C(CBr)C1C2CN(C(=O)O)C[C@@H]21. The number of ketones is 1. The van der Waals surface area contributed by atoms with Crippen LogP contribution in [0.3, 0.4) is 0 Å². The number of piperidine rings is 1. The standard InChI is InChI=1S/C8H10BrNO3/c9-1-6(11)7-4-2-10(8(12)13)3-5(4)7/h4-5,7H,1-3H2,(H,12,13)/t4-,5?,7?/m0/s1. The highest BCUT2D eigenvalue weighted by Crippen LogP contribution is 2.52. The second kappa shape index (κ2) is 2.97. The predicted molar refractivity (Wildman–Crippen MR) is 48.9 cm³/mol. The molecular formula is C8H10BrNO3. The van der Waals surface area contributed by atoms with Crippen molar-refractivity contribution in [1.29, 1.82) is 0 Å². The number of rotatable bonds is 2. The Bertz CT molecular complexity index is 256. The first-order valence-corrected chi connectivity index (χ1v) is 5.34. The Morgan fingerprint density at radius 1 is 1.38 bits per heavy atom. The summed E-state index contributed by atoms with van der Waals surface area (Å²) in [5, 5.41) is 9.07. The molecule has 0 aromatic rings. The van der Waals surface area contributed by atoms with Crippen molar-refractivity contribution < 1.29 is 14.7 Å². The fourth-order valence-corrected chi connectivity index (χ4v) is 2.62. The quantitative estimate of drug-likeness (QED) is 0.735. The smallest absolute Gasteiger partial charge is 0.407 e. The van der Waals surface area contributed by atoms with Crippen molar-refractivity contribution in [3.05, 3.63) is 0 Å². The average Bonchev–Trinajstić information content (AvgIpc) is 2.58. The average molecular weight is 248 g/mol. The molecule has 0 aromatic carbocycles. The number of halogens is 1. The summed E-state index contributed by atoms with van der Waals surface area (Å²) < 4.78 is 0. The Balaban J connectivity index is 1.90. The molecule has 1 N–H and O–H groups in total. The van der Waals surface area contributed by atoms with Crippen LogP contribution in [0.15, 0.2) is 0 Å². The lowest BCUT2D eigenvalue weighted by Crippen LogP contribution is -2.31. The monoisotopic (exact) mass is 247 g/mol. The van der Waals surface area contributed by atoms with Crippen LogP contribution in [-0.2, 0) is 4.79 Å². The van der Waals surface area contributed by atoms with Gasteiger partial charge in [-0.05, 0) is 11.8 Å². The largest absolute Gasteiger partial charge is 0.465 e. The van der Waals surface area contributed by atoms with Gasteiger partial charge in [-0.25, -0.2) is 4.79 Å². The van der Waals surface area contributed by atoms with Gasteiger partial charge in [0.15, 0.2) is 0 Å². The van der Waals surface area contributed by atoms with Gasteiger partial charge in [-0.1, -0.05) is 15.9 Å². The van der Waals surface area contributed by atoms with Crippen LogP contribution in [0.2, 0.25) is 0 Å². The van der Waals surface area contributed by atoms with Crippen molar-refractivity contribution in [1.82, 2.24) is 4.90 Å². The zero-order valence-corrected chi connectivity index (χ0v) is 8.53. The molecule has 0 spiro atoms. The highest BCUT2D eigenvalue weighted by Gasteiger charge is 2.59. The normalized spacial score (nSPS) is 35.8. The highest BCUT2D eigenvalue weighted by atomic mass is 79.9. The van der Waals surface area contributed by atoms with Crippen molar-refractivity contribution in [3.8, 4) is 0 Å². The Kier molecular flexibility index (Phi) is 2.06. The van der Waals surface area contributed by atoms with E-state index in [2.05, 4.69) is 15.9 Å². The molecule has 1 aliphatic carbocycles. The van der Waals surface area contributed by atoms with E-state index >= 15 is 0 Å². The van der Waals surface area contributed by atoms with Crippen molar-refractivity contribution in [2.75, 3.05) is 18.4 Å². The van der Waals surface area contributed by atoms with E-state index < -0.39 is 6.09 Å². The number of alkyl halides is 1. The van der Waals surface area contributed by atoms with Gasteiger partial charge in [0.05, 0.1) is 5.33 Å².